The van der Waals surface area contributed by atoms with E-state index in [0.29, 0.717) is 0 Å². The molecule has 0 aliphatic carbocycles. The molecule has 1 aromatic rings. The number of methoxy groups -OCH3 is 1. The van der Waals surface area contributed by atoms with E-state index in [0.717, 1.165) is 5.32 Å². The molecule has 1 rings (SSSR count). The molecule has 0 saturated heterocycles. The zero-order valence-electron chi connectivity index (χ0n) is 17.7. The van der Waals surface area contributed by atoms with E-state index >= 15 is 0 Å². The lowest BCUT2D eigenvalue weighted by Crippen LogP contribution is -2.74. The molecular formula is C18H13F16NO2. The molecule has 0 aliphatic rings. The van der Waals surface area contributed by atoms with Crippen LogP contribution in [0, 0.1) is 0 Å². The van der Waals surface area contributed by atoms with Crippen molar-refractivity contribution in [2.24, 2.45) is 0 Å². The van der Waals surface area contributed by atoms with Crippen molar-refractivity contribution in [1.82, 2.24) is 5.32 Å². The van der Waals surface area contributed by atoms with Crippen LogP contribution in [0.25, 0.3) is 0 Å². The van der Waals surface area contributed by atoms with Gasteiger partial charge >= 0.3 is 47.9 Å². The summed E-state index contributed by atoms with van der Waals surface area (Å²) in [6, 6.07) is 5.06. The molecule has 0 bridgehead atoms. The summed E-state index contributed by atoms with van der Waals surface area (Å²) in [7, 11) is 1.25. The molecule has 37 heavy (non-hydrogen) atoms. The van der Waals surface area contributed by atoms with Crippen LogP contribution in [0.1, 0.15) is 5.56 Å². The number of nitrogens with one attached hydrogen (secondary N) is 1. The van der Waals surface area contributed by atoms with Crippen molar-refractivity contribution in [3.8, 4) is 5.75 Å². The number of halogens is 16. The lowest BCUT2D eigenvalue weighted by atomic mass is 9.89. The van der Waals surface area contributed by atoms with Crippen LogP contribution in [0.2, 0.25) is 0 Å². The molecule has 0 spiro atoms. The molecule has 1 N–H and O–H groups in total. The lowest BCUT2D eigenvalue weighted by Gasteiger charge is -2.42. The lowest BCUT2D eigenvalue weighted by molar-refractivity contribution is -0.443. The zero-order valence-corrected chi connectivity index (χ0v) is 17.7. The minimum absolute atomic E-state index is 0.176. The van der Waals surface area contributed by atoms with Gasteiger partial charge in [0.15, 0.2) is 0 Å². The van der Waals surface area contributed by atoms with Gasteiger partial charge in [0.05, 0.1) is 7.11 Å². The van der Waals surface area contributed by atoms with Gasteiger partial charge in [-0.2, -0.15) is 61.5 Å². The number of amides is 1. The minimum atomic E-state index is -8.54. The van der Waals surface area contributed by atoms with E-state index in [4.69, 9.17) is 4.74 Å². The van der Waals surface area contributed by atoms with Gasteiger partial charge in [-0.25, -0.2) is 8.78 Å². The molecule has 0 aliphatic heterocycles. The van der Waals surface area contributed by atoms with Crippen LogP contribution in [-0.4, -0.2) is 67.4 Å². The largest absolute Gasteiger partial charge is 0.497 e. The van der Waals surface area contributed by atoms with Crippen molar-refractivity contribution in [1.29, 1.82) is 0 Å². The molecule has 0 radical (unpaired) electrons. The van der Waals surface area contributed by atoms with E-state index < -0.39 is 66.8 Å². The molecule has 214 valence electrons. The maximum atomic E-state index is 13.8. The number of ether oxygens (including phenoxy) is 1. The Kier molecular flexibility index (Phi) is 8.69. The van der Waals surface area contributed by atoms with Crippen molar-refractivity contribution < 1.29 is 79.8 Å². The smallest absolute Gasteiger partial charge is 0.392 e. The van der Waals surface area contributed by atoms with Crippen LogP contribution in [0.15, 0.2) is 24.3 Å². The maximum Gasteiger partial charge on any atom is 0.392 e. The zero-order chi connectivity index (χ0) is 29.5. The number of benzene rings is 1. The number of carbonyl (C=O) groups is 1. The molecule has 0 atom stereocenters. The SMILES string of the molecule is COc1ccc(CCNC(=O)C(F)(F)C(F)(F)C(F)(F)C(F)(F)C(F)(F)C(F)(F)C(F)(F)C(F)F)cc1. The van der Waals surface area contributed by atoms with Gasteiger partial charge in [0.2, 0.25) is 0 Å². The first-order valence-corrected chi connectivity index (χ1v) is 9.22. The Labute approximate surface area is 195 Å². The van der Waals surface area contributed by atoms with Gasteiger partial charge in [0.25, 0.3) is 5.91 Å². The second-order valence-corrected chi connectivity index (χ2v) is 7.22. The Morgan fingerprint density at radius 1 is 0.730 bits per heavy atom. The molecule has 19 heteroatoms. The van der Waals surface area contributed by atoms with E-state index in [1.807, 2.05) is 0 Å². The van der Waals surface area contributed by atoms with E-state index in [9.17, 15) is 75.0 Å². The molecule has 0 unspecified atom stereocenters. The third kappa shape index (κ3) is 4.96. The maximum absolute atomic E-state index is 13.8. The average Bonchev–Trinajstić information content (AvgIpc) is 2.78. The first-order valence-electron chi connectivity index (χ1n) is 9.22. The van der Waals surface area contributed by atoms with E-state index in [2.05, 4.69) is 0 Å². The highest BCUT2D eigenvalue weighted by atomic mass is 19.4. The summed E-state index contributed by atoms with van der Waals surface area (Å²) < 4.78 is 217. The predicted octanol–water partition coefficient (Wildman–Crippen LogP) is 6.07. The van der Waals surface area contributed by atoms with Crippen LogP contribution in [0.4, 0.5) is 70.2 Å². The number of hydrogen-bond donors (Lipinski definition) is 1. The van der Waals surface area contributed by atoms with Gasteiger partial charge in [-0.15, -0.1) is 0 Å². The summed E-state index contributed by atoms with van der Waals surface area (Å²) in [5.41, 5.74) is 0.176. The van der Waals surface area contributed by atoms with Crippen LogP contribution in [-0.2, 0) is 11.2 Å². The van der Waals surface area contributed by atoms with Crippen molar-refractivity contribution in [2.75, 3.05) is 13.7 Å². The van der Waals surface area contributed by atoms with E-state index in [1.165, 1.54) is 31.4 Å². The predicted molar refractivity (Wildman–Crippen MR) is 90.3 cm³/mol. The van der Waals surface area contributed by atoms with Crippen molar-refractivity contribution >= 4 is 5.91 Å². The van der Waals surface area contributed by atoms with Gasteiger partial charge in [0.1, 0.15) is 5.75 Å². The van der Waals surface area contributed by atoms with Gasteiger partial charge < -0.3 is 10.1 Å². The fourth-order valence-corrected chi connectivity index (χ4v) is 2.50. The van der Waals surface area contributed by atoms with Gasteiger partial charge in [-0.05, 0) is 24.1 Å². The Bertz CT molecular complexity index is 946. The monoisotopic (exact) mass is 579 g/mol. The number of rotatable bonds is 12. The van der Waals surface area contributed by atoms with E-state index in [1.54, 1.807) is 0 Å². The van der Waals surface area contributed by atoms with Crippen LogP contribution in [0.5, 0.6) is 5.75 Å². The van der Waals surface area contributed by atoms with Gasteiger partial charge in [-0.1, -0.05) is 12.1 Å². The Hall–Kier alpha value is -2.63. The Morgan fingerprint density at radius 3 is 1.54 bits per heavy atom. The Morgan fingerprint density at radius 2 is 1.14 bits per heavy atom. The van der Waals surface area contributed by atoms with E-state index in [-0.39, 0.29) is 11.3 Å². The highest BCUT2D eigenvalue weighted by Crippen LogP contribution is 2.62. The molecule has 0 fully saturated rings. The molecule has 0 saturated carbocycles. The summed E-state index contributed by atoms with van der Waals surface area (Å²) in [5, 5.41) is 0.905. The topological polar surface area (TPSA) is 38.3 Å². The molecule has 3 nitrogen and oxygen atoms in total. The van der Waals surface area contributed by atoms with Crippen LogP contribution < -0.4 is 10.1 Å². The second-order valence-electron chi connectivity index (χ2n) is 7.22. The molecule has 0 heterocycles. The quantitative estimate of drug-likeness (QED) is 0.306. The average molecular weight is 579 g/mol. The van der Waals surface area contributed by atoms with Gasteiger partial charge in [-0.3, -0.25) is 4.79 Å². The fourth-order valence-electron chi connectivity index (χ4n) is 2.50. The normalized spacial score (nSPS) is 14.6. The summed E-state index contributed by atoms with van der Waals surface area (Å²) in [6.45, 7) is -1.08. The summed E-state index contributed by atoms with van der Waals surface area (Å²) in [4.78, 5) is 11.4. The van der Waals surface area contributed by atoms with Crippen molar-refractivity contribution in [3.05, 3.63) is 29.8 Å². The number of alkyl halides is 16. The first kappa shape index (κ1) is 32.4. The Balaban J connectivity index is 3.27. The van der Waals surface area contributed by atoms with Crippen LogP contribution in [0.3, 0.4) is 0 Å². The molecular weight excluding hydrogens is 566 g/mol. The summed E-state index contributed by atoms with van der Waals surface area (Å²) in [5.74, 6) is -59.3. The summed E-state index contributed by atoms with van der Waals surface area (Å²) in [6.07, 6.45) is -6.41. The minimum Gasteiger partial charge on any atom is -0.497 e. The second kappa shape index (κ2) is 9.92. The standard InChI is InChI=1S/C18H13F16NO2/c1-37-9-4-2-8(3-5-9)6-7-35-11(36)13(23,24)15(27,28)17(31,32)18(33,34)16(29,30)14(25,26)12(21,22)10(19)20/h2-5,10H,6-7H2,1H3,(H,35,36). The highest BCUT2D eigenvalue weighted by molar-refractivity contribution is 5.84. The molecule has 0 aromatic heterocycles. The first-order chi connectivity index (χ1) is 16.4. The molecule has 1 amide bonds. The summed E-state index contributed by atoms with van der Waals surface area (Å²) >= 11 is 0. The highest BCUT2D eigenvalue weighted by Gasteiger charge is 2.94. The third-order valence-corrected chi connectivity index (χ3v) is 4.81. The van der Waals surface area contributed by atoms with Crippen molar-refractivity contribution in [3.63, 3.8) is 0 Å². The van der Waals surface area contributed by atoms with Gasteiger partial charge in [0, 0.05) is 6.54 Å². The van der Waals surface area contributed by atoms with Crippen LogP contribution >= 0.6 is 0 Å². The third-order valence-electron chi connectivity index (χ3n) is 4.81. The molecule has 1 aromatic carbocycles. The van der Waals surface area contributed by atoms with Crippen molar-refractivity contribution in [2.45, 2.75) is 54.3 Å². The number of carbonyl (C=O) groups excluding carboxylic acids is 1. The fraction of sp³-hybridized carbons (Fsp3) is 0.611. The number of hydrogen-bond acceptors (Lipinski definition) is 2.